The van der Waals surface area contributed by atoms with Gasteiger partial charge in [-0.15, -0.1) is 6.42 Å². The van der Waals surface area contributed by atoms with Crippen LogP contribution in [0.15, 0.2) is 24.4 Å². The molecule has 0 radical (unpaired) electrons. The largest absolute Gasteiger partial charge is 0.465 e. The smallest absolute Gasteiger partial charge is 0.408 e. The molecule has 0 saturated carbocycles. The molecule has 0 spiro atoms. The van der Waals surface area contributed by atoms with Crippen molar-refractivity contribution < 1.29 is 19.1 Å². The fourth-order valence-electron chi connectivity index (χ4n) is 3.48. The molecular weight excluding hydrogens is 373 g/mol. The third-order valence-corrected chi connectivity index (χ3v) is 4.91. The summed E-state index contributed by atoms with van der Waals surface area (Å²) in [4.78, 5) is 25.5. The molecular formula is C19H17ClFN3O3. The first kappa shape index (κ1) is 18.8. The van der Waals surface area contributed by atoms with E-state index in [9.17, 15) is 19.1 Å². The second-order valence-corrected chi connectivity index (χ2v) is 6.68. The van der Waals surface area contributed by atoms with Crippen molar-refractivity contribution in [2.24, 2.45) is 7.05 Å². The van der Waals surface area contributed by atoms with Crippen molar-refractivity contribution >= 4 is 29.3 Å². The van der Waals surface area contributed by atoms with Gasteiger partial charge in [-0.2, -0.15) is 0 Å². The van der Waals surface area contributed by atoms with Gasteiger partial charge in [0.15, 0.2) is 0 Å². The maximum atomic E-state index is 13.3. The van der Waals surface area contributed by atoms with Crippen molar-refractivity contribution in [1.29, 1.82) is 0 Å². The summed E-state index contributed by atoms with van der Waals surface area (Å²) in [6, 6.07) is 3.54. The van der Waals surface area contributed by atoms with Crippen LogP contribution >= 0.6 is 11.6 Å². The molecule has 3 rings (SSSR count). The molecule has 8 heteroatoms. The fourth-order valence-corrected chi connectivity index (χ4v) is 3.66. The highest BCUT2D eigenvalue weighted by Crippen LogP contribution is 2.38. The average molecular weight is 390 g/mol. The van der Waals surface area contributed by atoms with Crippen molar-refractivity contribution in [2.45, 2.75) is 18.9 Å². The van der Waals surface area contributed by atoms with E-state index in [2.05, 4.69) is 11.2 Å². The molecule has 2 amide bonds. The monoisotopic (exact) mass is 389 g/mol. The van der Waals surface area contributed by atoms with E-state index in [0.29, 0.717) is 24.2 Å². The number of carbonyl (C=O) groups excluding carboxylic acids is 1. The molecule has 1 heterocycles. The van der Waals surface area contributed by atoms with Gasteiger partial charge in [-0.25, -0.2) is 9.18 Å². The SMILES string of the molecule is C#CCN(C(=O)O)C1CCc2c1cn(C)c2C(=O)Nc1ccc(F)c(Cl)c1. The van der Waals surface area contributed by atoms with E-state index >= 15 is 0 Å². The lowest BCUT2D eigenvalue weighted by Gasteiger charge is -2.24. The first-order valence-corrected chi connectivity index (χ1v) is 8.58. The van der Waals surface area contributed by atoms with Crippen molar-refractivity contribution in [3.8, 4) is 12.3 Å². The highest BCUT2D eigenvalue weighted by molar-refractivity contribution is 6.31. The minimum absolute atomic E-state index is 0.0239. The Morgan fingerprint density at radius 1 is 1.52 bits per heavy atom. The van der Waals surface area contributed by atoms with Crippen LogP contribution in [0.5, 0.6) is 0 Å². The molecule has 1 atom stereocenters. The molecule has 1 unspecified atom stereocenters. The van der Waals surface area contributed by atoms with Crippen LogP contribution in [-0.4, -0.2) is 33.1 Å². The van der Waals surface area contributed by atoms with E-state index < -0.39 is 11.9 Å². The van der Waals surface area contributed by atoms with E-state index in [-0.39, 0.29) is 23.5 Å². The second kappa shape index (κ2) is 7.33. The van der Waals surface area contributed by atoms with Gasteiger partial charge in [0.1, 0.15) is 11.5 Å². The van der Waals surface area contributed by atoms with Gasteiger partial charge in [0, 0.05) is 18.9 Å². The minimum Gasteiger partial charge on any atom is -0.465 e. The number of anilines is 1. The van der Waals surface area contributed by atoms with Crippen LogP contribution in [0.1, 0.15) is 34.1 Å². The number of hydrogen-bond acceptors (Lipinski definition) is 2. The summed E-state index contributed by atoms with van der Waals surface area (Å²) < 4.78 is 14.9. The molecule has 27 heavy (non-hydrogen) atoms. The molecule has 0 saturated heterocycles. The zero-order valence-electron chi connectivity index (χ0n) is 14.5. The highest BCUT2D eigenvalue weighted by Gasteiger charge is 2.35. The standard InChI is InChI=1S/C19H17ClFN3O3/c1-3-8-24(19(26)27)16-7-5-12-13(16)10-23(2)17(12)18(25)22-11-4-6-15(21)14(20)9-11/h1,4,6,9-10,16H,5,7-8H2,2H3,(H,22,25)(H,26,27). The third-order valence-electron chi connectivity index (χ3n) is 4.62. The van der Waals surface area contributed by atoms with Crippen molar-refractivity contribution in [2.75, 3.05) is 11.9 Å². The first-order chi connectivity index (χ1) is 12.8. The van der Waals surface area contributed by atoms with Crippen molar-refractivity contribution in [3.63, 3.8) is 0 Å². The lowest BCUT2D eigenvalue weighted by atomic mass is 10.1. The second-order valence-electron chi connectivity index (χ2n) is 6.27. The Morgan fingerprint density at radius 2 is 2.26 bits per heavy atom. The lowest BCUT2D eigenvalue weighted by Crippen LogP contribution is -2.32. The average Bonchev–Trinajstić information content (AvgIpc) is 3.13. The number of aromatic nitrogens is 1. The van der Waals surface area contributed by atoms with Gasteiger partial charge in [-0.1, -0.05) is 17.5 Å². The Morgan fingerprint density at radius 3 is 2.89 bits per heavy atom. The molecule has 1 aliphatic carbocycles. The van der Waals surface area contributed by atoms with Crippen LogP contribution < -0.4 is 5.32 Å². The van der Waals surface area contributed by atoms with E-state index in [1.54, 1.807) is 17.8 Å². The molecule has 1 aromatic heterocycles. The zero-order chi connectivity index (χ0) is 19.7. The minimum atomic E-state index is -1.10. The van der Waals surface area contributed by atoms with Crippen LogP contribution in [-0.2, 0) is 13.5 Å². The number of halogens is 2. The molecule has 0 aliphatic heterocycles. The summed E-state index contributed by atoms with van der Waals surface area (Å²) in [5.41, 5.74) is 2.36. The predicted octanol–water partition coefficient (Wildman–Crippen LogP) is 3.67. The summed E-state index contributed by atoms with van der Waals surface area (Å²) in [5.74, 6) is 1.42. The number of terminal acetylenes is 1. The molecule has 0 bridgehead atoms. The summed E-state index contributed by atoms with van der Waals surface area (Å²) in [6.07, 6.45) is 7.06. The number of benzene rings is 1. The van der Waals surface area contributed by atoms with Gasteiger partial charge in [0.2, 0.25) is 0 Å². The van der Waals surface area contributed by atoms with Crippen LogP contribution in [0.2, 0.25) is 5.02 Å². The molecule has 1 aliphatic rings. The van der Waals surface area contributed by atoms with Gasteiger partial charge in [-0.3, -0.25) is 9.69 Å². The van der Waals surface area contributed by atoms with Crippen LogP contribution in [0.25, 0.3) is 0 Å². The van der Waals surface area contributed by atoms with Crippen LogP contribution in [0.3, 0.4) is 0 Å². The Labute approximate surface area is 160 Å². The fraction of sp³-hybridized carbons (Fsp3) is 0.263. The molecule has 140 valence electrons. The van der Waals surface area contributed by atoms with E-state index in [1.165, 1.54) is 23.1 Å². The summed E-state index contributed by atoms with van der Waals surface area (Å²) in [5, 5.41) is 12.0. The number of nitrogens with zero attached hydrogens (tertiary/aromatic N) is 2. The normalized spacial score (nSPS) is 15.1. The Hall–Kier alpha value is -2.98. The molecule has 0 fully saturated rings. The van der Waals surface area contributed by atoms with Gasteiger partial charge in [-0.05, 0) is 42.2 Å². The topological polar surface area (TPSA) is 74.6 Å². The van der Waals surface area contributed by atoms with E-state index in [0.717, 1.165) is 11.1 Å². The predicted molar refractivity (Wildman–Crippen MR) is 99.4 cm³/mol. The lowest BCUT2D eigenvalue weighted by molar-refractivity contribution is 0.101. The quantitative estimate of drug-likeness (QED) is 0.783. The first-order valence-electron chi connectivity index (χ1n) is 8.21. The Kier molecular flexibility index (Phi) is 5.10. The number of amides is 2. The number of carboxylic acid groups (broad SMARTS) is 1. The summed E-state index contributed by atoms with van der Waals surface area (Å²) in [6.45, 7) is -0.0239. The van der Waals surface area contributed by atoms with Crippen LogP contribution in [0.4, 0.5) is 14.9 Å². The van der Waals surface area contributed by atoms with E-state index in [1.807, 2.05) is 0 Å². The molecule has 6 nitrogen and oxygen atoms in total. The third kappa shape index (κ3) is 3.49. The summed E-state index contributed by atoms with van der Waals surface area (Å²) >= 11 is 5.75. The zero-order valence-corrected chi connectivity index (χ0v) is 15.3. The highest BCUT2D eigenvalue weighted by atomic mass is 35.5. The van der Waals surface area contributed by atoms with Gasteiger partial charge in [0.25, 0.3) is 5.91 Å². The van der Waals surface area contributed by atoms with Crippen molar-refractivity contribution in [1.82, 2.24) is 9.47 Å². The number of aryl methyl sites for hydroxylation is 1. The van der Waals surface area contributed by atoms with Gasteiger partial charge in [0.05, 0.1) is 17.6 Å². The number of fused-ring (bicyclic) bond motifs is 1. The maximum Gasteiger partial charge on any atom is 0.408 e. The molecule has 2 aromatic rings. The number of hydrogen-bond donors (Lipinski definition) is 2. The van der Waals surface area contributed by atoms with Crippen LogP contribution in [0, 0.1) is 18.2 Å². The van der Waals surface area contributed by atoms with Gasteiger partial charge < -0.3 is 15.0 Å². The Balaban J connectivity index is 1.89. The van der Waals surface area contributed by atoms with Gasteiger partial charge >= 0.3 is 6.09 Å². The molecule has 2 N–H and O–H groups in total. The number of nitrogens with one attached hydrogen (secondary N) is 1. The van der Waals surface area contributed by atoms with E-state index in [4.69, 9.17) is 18.0 Å². The summed E-state index contributed by atoms with van der Waals surface area (Å²) in [7, 11) is 1.72. The molecule has 1 aromatic carbocycles. The number of rotatable bonds is 4. The van der Waals surface area contributed by atoms with Crippen molar-refractivity contribution in [3.05, 3.63) is 52.1 Å². The Bertz CT molecular complexity index is 964. The maximum absolute atomic E-state index is 13.3. The number of carbonyl (C=O) groups is 2.